The number of nitrogens with zero attached hydrogens (tertiary/aromatic N) is 1. The summed E-state index contributed by atoms with van der Waals surface area (Å²) in [6.07, 6.45) is 2.44. The van der Waals surface area contributed by atoms with Crippen molar-refractivity contribution in [1.29, 1.82) is 0 Å². The number of para-hydroxylation sites is 3. The van der Waals surface area contributed by atoms with Gasteiger partial charge in [0.15, 0.2) is 0 Å². The fourth-order valence-corrected chi connectivity index (χ4v) is 7.29. The average Bonchev–Trinajstić information content (AvgIpc) is 3.51. The van der Waals surface area contributed by atoms with Crippen LogP contribution in [0.5, 0.6) is 0 Å². The monoisotopic (exact) mass is 518 g/mol. The molecule has 0 unspecified atom stereocenters. The first kappa shape index (κ1) is 23.6. The van der Waals surface area contributed by atoms with Gasteiger partial charge in [0.05, 0.1) is 22.2 Å². The summed E-state index contributed by atoms with van der Waals surface area (Å²) in [5.74, 6) is 0. The predicted octanol–water partition coefficient (Wildman–Crippen LogP) is 10.4. The maximum absolute atomic E-state index is 3.79. The molecule has 1 aliphatic carbocycles. The largest absolute Gasteiger partial charge is 0.353 e. The van der Waals surface area contributed by atoms with Gasteiger partial charge in [-0.3, -0.25) is 0 Å². The molecule has 0 radical (unpaired) electrons. The van der Waals surface area contributed by atoms with Crippen LogP contribution in [0.4, 0.5) is 0 Å². The van der Waals surface area contributed by atoms with Crippen LogP contribution >= 0.6 is 0 Å². The lowest BCUT2D eigenvalue weighted by Gasteiger charge is -2.42. The van der Waals surface area contributed by atoms with E-state index in [9.17, 15) is 0 Å². The molecule has 0 fully saturated rings. The number of aromatic nitrogens is 2. The molecule has 1 aliphatic rings. The first-order valence-corrected chi connectivity index (χ1v) is 14.5. The van der Waals surface area contributed by atoms with Crippen molar-refractivity contribution in [1.82, 2.24) is 9.55 Å². The van der Waals surface area contributed by atoms with Crippen molar-refractivity contribution >= 4 is 43.6 Å². The van der Waals surface area contributed by atoms with Crippen LogP contribution in [0, 0.1) is 0 Å². The normalized spacial score (nSPS) is 16.2. The van der Waals surface area contributed by atoms with Gasteiger partial charge in [-0.2, -0.15) is 0 Å². The van der Waals surface area contributed by atoms with Gasteiger partial charge in [-0.1, -0.05) is 113 Å². The van der Waals surface area contributed by atoms with Gasteiger partial charge in [0, 0.05) is 32.6 Å². The molecule has 1 N–H and O–H groups in total. The second-order valence-corrected chi connectivity index (χ2v) is 13.0. The van der Waals surface area contributed by atoms with Crippen molar-refractivity contribution in [2.75, 3.05) is 0 Å². The summed E-state index contributed by atoms with van der Waals surface area (Å²) >= 11 is 0. The molecule has 5 aromatic carbocycles. The molecule has 0 spiro atoms. The van der Waals surface area contributed by atoms with Crippen LogP contribution in [0.25, 0.3) is 60.4 Å². The van der Waals surface area contributed by atoms with Crippen molar-refractivity contribution in [3.8, 4) is 16.8 Å². The second kappa shape index (κ2) is 8.11. The topological polar surface area (TPSA) is 20.7 Å². The SMILES string of the molecule is CC1(C)CCC(C)(C)c2cc(-c3ccccc3-n3c4ccccc4c4ccc5c6ccccc6[nH]c5c43)ccc21. The van der Waals surface area contributed by atoms with E-state index in [1.165, 1.54) is 84.4 Å². The summed E-state index contributed by atoms with van der Waals surface area (Å²) < 4.78 is 2.49. The smallest absolute Gasteiger partial charge is 0.0783 e. The van der Waals surface area contributed by atoms with Crippen molar-refractivity contribution < 1.29 is 0 Å². The minimum atomic E-state index is 0.166. The Morgan fingerprint density at radius 3 is 2.12 bits per heavy atom. The lowest BCUT2D eigenvalue weighted by Crippen LogP contribution is -2.33. The third-order valence-electron chi connectivity index (χ3n) is 9.62. The number of nitrogens with one attached hydrogen (secondary N) is 1. The Morgan fingerprint density at radius 1 is 0.600 bits per heavy atom. The summed E-state index contributed by atoms with van der Waals surface area (Å²) in [7, 11) is 0. The zero-order valence-electron chi connectivity index (χ0n) is 23.7. The molecule has 0 bridgehead atoms. The van der Waals surface area contributed by atoms with Crippen molar-refractivity contribution in [3.05, 3.63) is 114 Å². The first-order valence-electron chi connectivity index (χ1n) is 14.5. The van der Waals surface area contributed by atoms with Gasteiger partial charge in [-0.25, -0.2) is 0 Å². The average molecular weight is 519 g/mol. The molecular weight excluding hydrogens is 484 g/mol. The molecule has 7 aromatic rings. The van der Waals surface area contributed by atoms with E-state index in [0.29, 0.717) is 0 Å². The van der Waals surface area contributed by atoms with Gasteiger partial charge < -0.3 is 9.55 Å². The molecule has 196 valence electrons. The number of H-pyrrole nitrogens is 1. The summed E-state index contributed by atoms with van der Waals surface area (Å²) in [6.45, 7) is 9.63. The highest BCUT2D eigenvalue weighted by Gasteiger charge is 2.37. The Kier molecular flexibility index (Phi) is 4.78. The van der Waals surface area contributed by atoms with Crippen LogP contribution in [-0.4, -0.2) is 9.55 Å². The molecule has 2 nitrogen and oxygen atoms in total. The van der Waals surface area contributed by atoms with E-state index in [0.717, 1.165) is 0 Å². The quantitative estimate of drug-likeness (QED) is 0.235. The standard InChI is InChI=1S/C38H34N2/c1-37(2)21-22-38(3,4)31-23-24(17-20-30(31)37)25-11-6-9-15-33(25)40-34-16-10-7-13-27(34)29-19-18-28-26-12-5-8-14-32(26)39-35(28)36(29)40/h5-20,23,39H,21-22H2,1-4H3. The van der Waals surface area contributed by atoms with Crippen LogP contribution in [0.3, 0.4) is 0 Å². The lowest BCUT2D eigenvalue weighted by atomic mass is 9.63. The van der Waals surface area contributed by atoms with Crippen molar-refractivity contribution in [3.63, 3.8) is 0 Å². The predicted molar refractivity (Wildman–Crippen MR) is 171 cm³/mol. The zero-order valence-corrected chi connectivity index (χ0v) is 23.7. The van der Waals surface area contributed by atoms with E-state index in [1.807, 2.05) is 0 Å². The molecule has 2 aromatic heterocycles. The van der Waals surface area contributed by atoms with Gasteiger partial charge in [-0.05, 0) is 58.6 Å². The number of fused-ring (bicyclic) bond motifs is 8. The number of benzene rings is 5. The Balaban J connectivity index is 1.46. The highest BCUT2D eigenvalue weighted by atomic mass is 15.0. The molecule has 40 heavy (non-hydrogen) atoms. The number of hydrogen-bond acceptors (Lipinski definition) is 0. The van der Waals surface area contributed by atoms with Gasteiger partial charge in [0.25, 0.3) is 0 Å². The highest BCUT2D eigenvalue weighted by Crippen LogP contribution is 2.47. The molecule has 0 atom stereocenters. The van der Waals surface area contributed by atoms with E-state index in [2.05, 4.69) is 140 Å². The fraction of sp³-hybridized carbons (Fsp3) is 0.211. The van der Waals surface area contributed by atoms with Crippen molar-refractivity contribution in [2.24, 2.45) is 0 Å². The van der Waals surface area contributed by atoms with Gasteiger partial charge in [0.1, 0.15) is 0 Å². The molecule has 2 heterocycles. The Bertz CT molecular complexity index is 2120. The molecular formula is C38H34N2. The second-order valence-electron chi connectivity index (χ2n) is 13.0. The molecule has 0 aliphatic heterocycles. The maximum atomic E-state index is 3.79. The summed E-state index contributed by atoms with van der Waals surface area (Å²) in [5.41, 5.74) is 12.0. The van der Waals surface area contributed by atoms with Crippen LogP contribution in [0.15, 0.2) is 103 Å². The molecule has 0 amide bonds. The number of aromatic amines is 1. The van der Waals surface area contributed by atoms with Crippen molar-refractivity contribution in [2.45, 2.75) is 51.4 Å². The molecule has 8 rings (SSSR count). The highest BCUT2D eigenvalue weighted by molar-refractivity contribution is 6.22. The third kappa shape index (κ3) is 3.23. The molecule has 0 saturated heterocycles. The third-order valence-corrected chi connectivity index (χ3v) is 9.62. The summed E-state index contributed by atoms with van der Waals surface area (Å²) in [5, 5.41) is 5.09. The van der Waals surface area contributed by atoms with E-state index < -0.39 is 0 Å². The minimum Gasteiger partial charge on any atom is -0.353 e. The minimum absolute atomic E-state index is 0.166. The van der Waals surface area contributed by atoms with E-state index in [-0.39, 0.29) is 10.8 Å². The van der Waals surface area contributed by atoms with E-state index in [1.54, 1.807) is 0 Å². The Hall–Kier alpha value is -4.30. The first-order chi connectivity index (χ1) is 19.3. The Morgan fingerprint density at radius 2 is 1.27 bits per heavy atom. The fourth-order valence-electron chi connectivity index (χ4n) is 7.29. The van der Waals surface area contributed by atoms with Crippen LogP contribution in [-0.2, 0) is 10.8 Å². The number of hydrogen-bond donors (Lipinski definition) is 1. The number of rotatable bonds is 2. The van der Waals surface area contributed by atoms with Gasteiger partial charge in [-0.15, -0.1) is 0 Å². The van der Waals surface area contributed by atoms with Crippen LogP contribution in [0.2, 0.25) is 0 Å². The van der Waals surface area contributed by atoms with E-state index >= 15 is 0 Å². The Labute approximate surface area is 235 Å². The summed E-state index contributed by atoms with van der Waals surface area (Å²) in [6, 6.07) is 38.3. The maximum Gasteiger partial charge on any atom is 0.0783 e. The van der Waals surface area contributed by atoms with Gasteiger partial charge in [0.2, 0.25) is 0 Å². The van der Waals surface area contributed by atoms with Crippen LogP contribution in [0.1, 0.15) is 51.7 Å². The molecule has 2 heteroatoms. The summed E-state index contributed by atoms with van der Waals surface area (Å²) in [4.78, 5) is 3.79. The van der Waals surface area contributed by atoms with Gasteiger partial charge >= 0.3 is 0 Å². The lowest BCUT2D eigenvalue weighted by molar-refractivity contribution is 0.332. The van der Waals surface area contributed by atoms with E-state index in [4.69, 9.17) is 0 Å². The zero-order chi connectivity index (χ0) is 27.2. The van der Waals surface area contributed by atoms with Crippen LogP contribution < -0.4 is 0 Å². The molecule has 0 saturated carbocycles.